The van der Waals surface area contributed by atoms with E-state index in [9.17, 15) is 4.79 Å². The second-order valence-corrected chi connectivity index (χ2v) is 1.76. The molecule has 0 unspecified atom stereocenters. The first-order chi connectivity index (χ1) is 4.29. The van der Waals surface area contributed by atoms with Gasteiger partial charge in [-0.3, -0.25) is 4.79 Å². The van der Waals surface area contributed by atoms with Crippen LogP contribution in [0.3, 0.4) is 0 Å². The van der Waals surface area contributed by atoms with E-state index < -0.39 is 0 Å². The summed E-state index contributed by atoms with van der Waals surface area (Å²) in [7, 11) is 0. The Morgan fingerprint density at radius 3 is 3.00 bits per heavy atom. The standard InChI is InChI=1S/C7H7NO/c1-6(9)8-7-4-2-3-5-7/h2-4H,1H3,(H,8,9). The monoisotopic (exact) mass is 121 g/mol. The Bertz CT molecular complexity index is 219. The second kappa shape index (κ2) is 2.33. The maximum Gasteiger partial charge on any atom is 0.221 e. The van der Waals surface area contributed by atoms with Crippen LogP contribution in [0.25, 0.3) is 0 Å². The molecule has 0 aromatic heterocycles. The molecular weight excluding hydrogens is 114 g/mol. The molecule has 0 bridgehead atoms. The average molecular weight is 121 g/mol. The fraction of sp³-hybridized carbons (Fsp3) is 0.143. The van der Waals surface area contributed by atoms with Gasteiger partial charge in [-0.25, -0.2) is 0 Å². The Kier molecular flexibility index (Phi) is 1.52. The average Bonchev–Trinajstić information content (AvgIpc) is 2.15. The first-order valence-corrected chi connectivity index (χ1v) is 2.70. The van der Waals surface area contributed by atoms with Crippen LogP contribution in [0.2, 0.25) is 0 Å². The predicted octanol–water partition coefficient (Wildman–Crippen LogP) is 0.731. The highest BCUT2D eigenvalue weighted by Crippen LogP contribution is 1.95. The Labute approximate surface area is 53.6 Å². The lowest BCUT2D eigenvalue weighted by Crippen LogP contribution is -2.16. The number of allylic oxidation sites excluding steroid dienone is 2. The molecule has 0 saturated carbocycles. The van der Waals surface area contributed by atoms with Crippen molar-refractivity contribution in [2.24, 2.45) is 0 Å². The van der Waals surface area contributed by atoms with Crippen LogP contribution in [0.15, 0.2) is 29.7 Å². The molecule has 0 fully saturated rings. The molecule has 1 N–H and O–H groups in total. The van der Waals surface area contributed by atoms with Crippen LogP contribution >= 0.6 is 0 Å². The van der Waals surface area contributed by atoms with Crippen LogP contribution in [-0.2, 0) is 4.79 Å². The summed E-state index contributed by atoms with van der Waals surface area (Å²) in [6, 6.07) is 0. The summed E-state index contributed by atoms with van der Waals surface area (Å²) in [4.78, 5) is 10.4. The largest absolute Gasteiger partial charge is 0.320 e. The topological polar surface area (TPSA) is 29.1 Å². The summed E-state index contributed by atoms with van der Waals surface area (Å²) < 4.78 is 0. The van der Waals surface area contributed by atoms with Crippen LogP contribution < -0.4 is 5.32 Å². The highest BCUT2D eigenvalue weighted by Gasteiger charge is 1.93. The van der Waals surface area contributed by atoms with Gasteiger partial charge in [0.2, 0.25) is 5.91 Å². The molecule has 1 aliphatic carbocycles. The molecule has 1 aliphatic rings. The van der Waals surface area contributed by atoms with Crippen LogP contribution in [0.5, 0.6) is 0 Å². The second-order valence-electron chi connectivity index (χ2n) is 1.76. The SMILES string of the molecule is CC(=O)NC1=C=CC=C1. The smallest absolute Gasteiger partial charge is 0.221 e. The van der Waals surface area contributed by atoms with E-state index in [1.54, 1.807) is 12.2 Å². The van der Waals surface area contributed by atoms with Crippen LogP contribution in [0.4, 0.5) is 0 Å². The van der Waals surface area contributed by atoms with Crippen molar-refractivity contribution < 1.29 is 4.79 Å². The molecule has 0 aromatic carbocycles. The Balaban J connectivity index is 2.56. The zero-order chi connectivity index (χ0) is 6.69. The highest BCUT2D eigenvalue weighted by molar-refractivity contribution is 5.75. The number of nitrogens with one attached hydrogen (secondary N) is 1. The molecule has 0 aromatic rings. The van der Waals surface area contributed by atoms with Crippen LogP contribution in [0.1, 0.15) is 6.92 Å². The number of carbonyl (C=O) groups is 1. The zero-order valence-corrected chi connectivity index (χ0v) is 5.14. The number of hydrogen-bond acceptors (Lipinski definition) is 1. The van der Waals surface area contributed by atoms with Gasteiger partial charge in [0.1, 0.15) is 0 Å². The van der Waals surface area contributed by atoms with Crippen molar-refractivity contribution in [3.63, 3.8) is 0 Å². The fourth-order valence-corrected chi connectivity index (χ4v) is 0.598. The summed E-state index contributed by atoms with van der Waals surface area (Å²) in [6.45, 7) is 1.47. The first-order valence-electron chi connectivity index (χ1n) is 2.70. The zero-order valence-electron chi connectivity index (χ0n) is 5.14. The summed E-state index contributed by atoms with van der Waals surface area (Å²) in [5.74, 6) is -0.0579. The highest BCUT2D eigenvalue weighted by atomic mass is 16.1. The maximum atomic E-state index is 10.4. The van der Waals surface area contributed by atoms with Gasteiger partial charge < -0.3 is 5.32 Å². The van der Waals surface area contributed by atoms with Crippen molar-refractivity contribution in [2.75, 3.05) is 0 Å². The lowest BCUT2D eigenvalue weighted by molar-refractivity contribution is -0.118. The van der Waals surface area contributed by atoms with Crippen molar-refractivity contribution in [3.8, 4) is 0 Å². The Morgan fingerprint density at radius 1 is 1.78 bits per heavy atom. The van der Waals surface area contributed by atoms with Crippen LogP contribution in [0, 0.1) is 0 Å². The lowest BCUT2D eigenvalue weighted by Gasteiger charge is -1.94. The van der Waals surface area contributed by atoms with E-state index in [0.29, 0.717) is 0 Å². The van der Waals surface area contributed by atoms with E-state index in [1.165, 1.54) is 6.92 Å². The summed E-state index contributed by atoms with van der Waals surface area (Å²) in [5.41, 5.74) is 3.57. The lowest BCUT2D eigenvalue weighted by atomic mass is 10.5. The molecule has 0 saturated heterocycles. The minimum atomic E-state index is -0.0579. The summed E-state index contributed by atoms with van der Waals surface area (Å²) in [6.07, 6.45) is 5.37. The normalized spacial score (nSPS) is 13.7. The molecule has 1 rings (SSSR count). The molecule has 2 nitrogen and oxygen atoms in total. The summed E-state index contributed by atoms with van der Waals surface area (Å²) >= 11 is 0. The van der Waals surface area contributed by atoms with Crippen molar-refractivity contribution >= 4 is 5.91 Å². The molecule has 1 amide bonds. The molecule has 0 heterocycles. The van der Waals surface area contributed by atoms with Crippen molar-refractivity contribution in [1.29, 1.82) is 0 Å². The van der Waals surface area contributed by atoms with Gasteiger partial charge in [0.15, 0.2) is 0 Å². The van der Waals surface area contributed by atoms with E-state index in [1.807, 2.05) is 6.08 Å². The van der Waals surface area contributed by atoms with Crippen molar-refractivity contribution in [1.82, 2.24) is 5.32 Å². The Morgan fingerprint density at radius 2 is 2.56 bits per heavy atom. The maximum absolute atomic E-state index is 10.4. The van der Waals surface area contributed by atoms with Gasteiger partial charge in [0.05, 0.1) is 5.70 Å². The van der Waals surface area contributed by atoms with Gasteiger partial charge in [0.25, 0.3) is 0 Å². The van der Waals surface area contributed by atoms with Gasteiger partial charge in [-0.05, 0) is 12.2 Å². The number of hydrogen-bond donors (Lipinski definition) is 1. The predicted molar refractivity (Wildman–Crippen MR) is 34.6 cm³/mol. The molecular formula is C7H7NO. The molecule has 46 valence electrons. The number of carbonyl (C=O) groups excluding carboxylic acids is 1. The van der Waals surface area contributed by atoms with Crippen LogP contribution in [-0.4, -0.2) is 5.91 Å². The third-order valence-corrected chi connectivity index (χ3v) is 0.909. The van der Waals surface area contributed by atoms with Gasteiger partial charge in [0, 0.05) is 6.92 Å². The van der Waals surface area contributed by atoms with Gasteiger partial charge in [-0.1, -0.05) is 11.8 Å². The third-order valence-electron chi connectivity index (χ3n) is 0.909. The molecule has 0 atom stereocenters. The third kappa shape index (κ3) is 1.59. The Hall–Kier alpha value is -1.27. The molecule has 0 radical (unpaired) electrons. The minimum absolute atomic E-state index is 0.0579. The molecule has 2 heteroatoms. The van der Waals surface area contributed by atoms with E-state index in [-0.39, 0.29) is 5.91 Å². The fourth-order valence-electron chi connectivity index (χ4n) is 0.598. The molecule has 0 spiro atoms. The van der Waals surface area contributed by atoms with E-state index in [2.05, 4.69) is 11.0 Å². The van der Waals surface area contributed by atoms with Gasteiger partial charge in [-0.2, -0.15) is 0 Å². The van der Waals surface area contributed by atoms with E-state index in [0.717, 1.165) is 5.70 Å². The minimum Gasteiger partial charge on any atom is -0.320 e. The summed E-state index contributed by atoms with van der Waals surface area (Å²) in [5, 5.41) is 2.59. The van der Waals surface area contributed by atoms with E-state index >= 15 is 0 Å². The molecule has 9 heavy (non-hydrogen) atoms. The van der Waals surface area contributed by atoms with E-state index in [4.69, 9.17) is 0 Å². The quantitative estimate of drug-likeness (QED) is 0.509. The number of amides is 1. The first kappa shape index (κ1) is 5.86. The van der Waals surface area contributed by atoms with Crippen molar-refractivity contribution in [3.05, 3.63) is 29.7 Å². The number of rotatable bonds is 1. The van der Waals surface area contributed by atoms with Gasteiger partial charge >= 0.3 is 0 Å². The van der Waals surface area contributed by atoms with Crippen molar-refractivity contribution in [2.45, 2.75) is 6.92 Å². The molecule has 0 aliphatic heterocycles. The van der Waals surface area contributed by atoms with Gasteiger partial charge in [-0.15, -0.1) is 0 Å².